The first-order chi connectivity index (χ1) is 8.15. The van der Waals surface area contributed by atoms with Crippen molar-refractivity contribution in [3.05, 3.63) is 23.9 Å². The van der Waals surface area contributed by atoms with Gasteiger partial charge in [-0.25, -0.2) is 9.78 Å². The fourth-order valence-electron chi connectivity index (χ4n) is 2.28. The second-order valence-electron chi connectivity index (χ2n) is 4.77. The van der Waals surface area contributed by atoms with Gasteiger partial charge in [0.15, 0.2) is 0 Å². The Kier molecular flexibility index (Phi) is 3.61. The van der Waals surface area contributed by atoms with Crippen LogP contribution in [-0.4, -0.2) is 17.1 Å². The highest BCUT2D eigenvalue weighted by Crippen LogP contribution is 2.26. The molecule has 0 bridgehead atoms. The summed E-state index contributed by atoms with van der Waals surface area (Å²) in [5.74, 6) is 0.693. The molecule has 2 N–H and O–H groups in total. The number of ether oxygens (including phenoxy) is 1. The van der Waals surface area contributed by atoms with Crippen molar-refractivity contribution in [3.8, 4) is 0 Å². The van der Waals surface area contributed by atoms with Gasteiger partial charge in [0.1, 0.15) is 11.9 Å². The van der Waals surface area contributed by atoms with Gasteiger partial charge < -0.3 is 10.5 Å². The molecule has 1 aliphatic carbocycles. The molecular weight excluding hydrogens is 216 g/mol. The van der Waals surface area contributed by atoms with E-state index in [1.807, 2.05) is 0 Å². The van der Waals surface area contributed by atoms with Crippen LogP contribution in [0.2, 0.25) is 0 Å². The predicted octanol–water partition coefficient (Wildman–Crippen LogP) is 2.40. The summed E-state index contributed by atoms with van der Waals surface area (Å²) in [6.07, 6.45) is 5.88. The van der Waals surface area contributed by atoms with Crippen LogP contribution in [-0.2, 0) is 4.74 Å². The number of nitrogens with two attached hydrogens (primary N) is 1. The average Bonchev–Trinajstić information content (AvgIpc) is 2.29. The van der Waals surface area contributed by atoms with Crippen molar-refractivity contribution in [1.82, 2.24) is 4.98 Å². The quantitative estimate of drug-likeness (QED) is 0.798. The average molecular weight is 234 g/mol. The summed E-state index contributed by atoms with van der Waals surface area (Å²) < 4.78 is 5.48. The molecule has 4 heteroatoms. The first-order valence-electron chi connectivity index (χ1n) is 6.07. The van der Waals surface area contributed by atoms with E-state index in [-0.39, 0.29) is 12.1 Å². The molecule has 0 amide bonds. The molecule has 1 saturated carbocycles. The van der Waals surface area contributed by atoms with Crippen LogP contribution < -0.4 is 5.73 Å². The molecule has 1 aliphatic rings. The highest BCUT2D eigenvalue weighted by atomic mass is 16.5. The number of hydrogen-bond acceptors (Lipinski definition) is 4. The van der Waals surface area contributed by atoms with Crippen LogP contribution in [0.1, 0.15) is 43.0 Å². The maximum Gasteiger partial charge on any atom is 0.338 e. The van der Waals surface area contributed by atoms with Gasteiger partial charge in [-0.05, 0) is 37.3 Å². The Morgan fingerprint density at radius 3 is 3.06 bits per heavy atom. The minimum atomic E-state index is -0.293. The van der Waals surface area contributed by atoms with Gasteiger partial charge in [-0.15, -0.1) is 0 Å². The van der Waals surface area contributed by atoms with E-state index in [1.54, 1.807) is 12.1 Å². The van der Waals surface area contributed by atoms with Crippen molar-refractivity contribution < 1.29 is 9.53 Å². The number of nitrogen functional groups attached to an aromatic ring is 1. The lowest BCUT2D eigenvalue weighted by molar-refractivity contribution is 0.0155. The molecule has 0 aromatic carbocycles. The van der Waals surface area contributed by atoms with Crippen molar-refractivity contribution in [2.24, 2.45) is 5.92 Å². The standard InChI is InChI=1S/C13H18N2O2/c1-9-3-2-4-11(7-9)17-13(16)10-5-6-15-12(14)8-10/h5-6,8-9,11H,2-4,7H2,1H3,(H2,14,15). The molecule has 4 nitrogen and oxygen atoms in total. The molecule has 0 aliphatic heterocycles. The molecule has 1 aromatic rings. The summed E-state index contributed by atoms with van der Waals surface area (Å²) in [6, 6.07) is 3.18. The number of carbonyl (C=O) groups is 1. The third-order valence-electron chi connectivity index (χ3n) is 3.18. The summed E-state index contributed by atoms with van der Waals surface area (Å²) in [6.45, 7) is 2.20. The third-order valence-corrected chi connectivity index (χ3v) is 3.18. The highest BCUT2D eigenvalue weighted by Gasteiger charge is 2.22. The first-order valence-corrected chi connectivity index (χ1v) is 6.07. The van der Waals surface area contributed by atoms with Crippen molar-refractivity contribution in [3.63, 3.8) is 0 Å². The van der Waals surface area contributed by atoms with E-state index in [4.69, 9.17) is 10.5 Å². The summed E-state index contributed by atoms with van der Waals surface area (Å²) in [5, 5.41) is 0. The number of aromatic nitrogens is 1. The van der Waals surface area contributed by atoms with Gasteiger partial charge in [-0.2, -0.15) is 0 Å². The first kappa shape index (κ1) is 11.9. The molecular formula is C13H18N2O2. The Morgan fingerprint density at radius 2 is 2.35 bits per heavy atom. The summed E-state index contributed by atoms with van der Waals surface area (Å²) in [5.41, 5.74) is 6.01. The maximum absolute atomic E-state index is 11.9. The Balaban J connectivity index is 1.97. The summed E-state index contributed by atoms with van der Waals surface area (Å²) in [7, 11) is 0. The highest BCUT2D eigenvalue weighted by molar-refractivity contribution is 5.90. The SMILES string of the molecule is CC1CCCC(OC(=O)c2ccnc(N)c2)C1. The van der Waals surface area contributed by atoms with Crippen molar-refractivity contribution >= 4 is 11.8 Å². The lowest BCUT2D eigenvalue weighted by Crippen LogP contribution is -2.24. The molecule has 0 saturated heterocycles. The molecule has 1 heterocycles. The summed E-state index contributed by atoms with van der Waals surface area (Å²) in [4.78, 5) is 15.7. The van der Waals surface area contributed by atoms with Crippen LogP contribution in [0.4, 0.5) is 5.82 Å². The van der Waals surface area contributed by atoms with Crippen LogP contribution in [0.15, 0.2) is 18.3 Å². The fourth-order valence-corrected chi connectivity index (χ4v) is 2.28. The topological polar surface area (TPSA) is 65.2 Å². The molecule has 2 rings (SSSR count). The number of anilines is 1. The number of rotatable bonds is 2. The van der Waals surface area contributed by atoms with Gasteiger partial charge in [0.25, 0.3) is 0 Å². The molecule has 0 spiro atoms. The van der Waals surface area contributed by atoms with Gasteiger partial charge in [0, 0.05) is 6.20 Å². The second-order valence-corrected chi connectivity index (χ2v) is 4.77. The zero-order chi connectivity index (χ0) is 12.3. The van der Waals surface area contributed by atoms with E-state index >= 15 is 0 Å². The van der Waals surface area contributed by atoms with Gasteiger partial charge >= 0.3 is 5.97 Å². The minimum Gasteiger partial charge on any atom is -0.459 e. The monoisotopic (exact) mass is 234 g/mol. The number of carbonyl (C=O) groups excluding carboxylic acids is 1. The zero-order valence-electron chi connectivity index (χ0n) is 10.1. The zero-order valence-corrected chi connectivity index (χ0v) is 10.1. The Hall–Kier alpha value is -1.58. The predicted molar refractivity (Wildman–Crippen MR) is 65.5 cm³/mol. The van der Waals surface area contributed by atoms with E-state index in [0.29, 0.717) is 17.3 Å². The molecule has 2 unspecified atom stereocenters. The molecule has 1 aromatic heterocycles. The Bertz CT molecular complexity index is 406. The van der Waals surface area contributed by atoms with E-state index in [9.17, 15) is 4.79 Å². The van der Waals surface area contributed by atoms with Crippen LogP contribution in [0.5, 0.6) is 0 Å². The summed E-state index contributed by atoms with van der Waals surface area (Å²) >= 11 is 0. The Labute approximate surface area is 101 Å². The minimum absolute atomic E-state index is 0.0561. The maximum atomic E-state index is 11.9. The van der Waals surface area contributed by atoms with E-state index in [0.717, 1.165) is 19.3 Å². The van der Waals surface area contributed by atoms with E-state index in [2.05, 4.69) is 11.9 Å². The van der Waals surface area contributed by atoms with Crippen LogP contribution in [0.3, 0.4) is 0 Å². The fraction of sp³-hybridized carbons (Fsp3) is 0.538. The van der Waals surface area contributed by atoms with Crippen molar-refractivity contribution in [2.45, 2.75) is 38.7 Å². The number of pyridine rings is 1. The van der Waals surface area contributed by atoms with Crippen LogP contribution >= 0.6 is 0 Å². The molecule has 92 valence electrons. The lowest BCUT2D eigenvalue weighted by atomic mass is 9.89. The molecule has 0 radical (unpaired) electrons. The molecule has 17 heavy (non-hydrogen) atoms. The number of esters is 1. The third kappa shape index (κ3) is 3.19. The lowest BCUT2D eigenvalue weighted by Gasteiger charge is -2.26. The van der Waals surface area contributed by atoms with Crippen molar-refractivity contribution in [1.29, 1.82) is 0 Å². The van der Waals surface area contributed by atoms with Gasteiger partial charge in [0.2, 0.25) is 0 Å². The van der Waals surface area contributed by atoms with Gasteiger partial charge in [-0.1, -0.05) is 13.3 Å². The normalized spacial score (nSPS) is 24.3. The second kappa shape index (κ2) is 5.17. The van der Waals surface area contributed by atoms with Crippen LogP contribution in [0.25, 0.3) is 0 Å². The number of nitrogens with zero attached hydrogens (tertiary/aromatic N) is 1. The smallest absolute Gasteiger partial charge is 0.338 e. The van der Waals surface area contributed by atoms with E-state index in [1.165, 1.54) is 12.6 Å². The number of hydrogen-bond donors (Lipinski definition) is 1. The van der Waals surface area contributed by atoms with Crippen molar-refractivity contribution in [2.75, 3.05) is 5.73 Å². The van der Waals surface area contributed by atoms with Crippen LogP contribution in [0, 0.1) is 5.92 Å². The van der Waals surface area contributed by atoms with E-state index < -0.39 is 0 Å². The molecule has 2 atom stereocenters. The molecule has 1 fully saturated rings. The Morgan fingerprint density at radius 1 is 1.53 bits per heavy atom. The van der Waals surface area contributed by atoms with Gasteiger partial charge in [-0.3, -0.25) is 0 Å². The largest absolute Gasteiger partial charge is 0.459 e. The van der Waals surface area contributed by atoms with Gasteiger partial charge in [0.05, 0.1) is 5.56 Å².